The van der Waals surface area contributed by atoms with Gasteiger partial charge in [0.15, 0.2) is 11.5 Å². The molecule has 0 radical (unpaired) electrons. The number of ether oxygens (including phenoxy) is 2. The van der Waals surface area contributed by atoms with Crippen molar-refractivity contribution in [3.63, 3.8) is 0 Å². The predicted octanol–water partition coefficient (Wildman–Crippen LogP) is 2.48. The van der Waals surface area contributed by atoms with Crippen molar-refractivity contribution in [2.45, 2.75) is 25.8 Å². The Morgan fingerprint density at radius 2 is 1.73 bits per heavy atom. The highest BCUT2D eigenvalue weighted by atomic mass is 35.5. The molecule has 2 aliphatic rings. The third kappa shape index (κ3) is 3.86. The van der Waals surface area contributed by atoms with Crippen LogP contribution in [0.4, 0.5) is 0 Å². The maximum Gasteiger partial charge on any atom is 0.161 e. The zero-order valence-electron chi connectivity index (χ0n) is 13.6. The summed E-state index contributed by atoms with van der Waals surface area (Å²) in [4.78, 5) is 2.60. The Balaban J connectivity index is 0.00000176. The molecule has 124 valence electrons. The third-order valence-corrected chi connectivity index (χ3v) is 4.77. The lowest BCUT2D eigenvalue weighted by Crippen LogP contribution is -2.38. The van der Waals surface area contributed by atoms with Crippen molar-refractivity contribution < 1.29 is 9.47 Å². The van der Waals surface area contributed by atoms with E-state index in [0.29, 0.717) is 0 Å². The average Bonchev–Trinajstić information content (AvgIpc) is 2.54. The van der Waals surface area contributed by atoms with Crippen molar-refractivity contribution in [3.8, 4) is 11.5 Å². The van der Waals surface area contributed by atoms with Gasteiger partial charge in [-0.05, 0) is 61.5 Å². The number of benzene rings is 1. The maximum absolute atomic E-state index is 5.44. The normalized spacial score (nSPS) is 19.2. The molecule has 2 heterocycles. The quantitative estimate of drug-likeness (QED) is 0.921. The molecule has 22 heavy (non-hydrogen) atoms. The number of piperidine rings is 1. The zero-order valence-corrected chi connectivity index (χ0v) is 14.4. The van der Waals surface area contributed by atoms with Gasteiger partial charge in [-0.2, -0.15) is 0 Å². The lowest BCUT2D eigenvalue weighted by atomic mass is 9.94. The number of hydrogen-bond acceptors (Lipinski definition) is 4. The fourth-order valence-electron chi connectivity index (χ4n) is 3.53. The number of nitrogens with one attached hydrogen (secondary N) is 1. The summed E-state index contributed by atoms with van der Waals surface area (Å²) in [6.45, 7) is 5.79. The highest BCUT2D eigenvalue weighted by Crippen LogP contribution is 2.33. The van der Waals surface area contributed by atoms with E-state index in [1.165, 1.54) is 43.6 Å². The Kier molecular flexibility index (Phi) is 6.36. The summed E-state index contributed by atoms with van der Waals surface area (Å²) >= 11 is 0. The standard InChI is InChI=1S/C17H26N2O2.ClH/c1-20-16-9-14-5-8-19(11-13-3-6-18-7-4-13)12-15(14)10-17(16)21-2;/h9-10,13,18H,3-8,11-12H2,1-2H3;1H. The summed E-state index contributed by atoms with van der Waals surface area (Å²) in [6.07, 6.45) is 3.74. The molecule has 1 fully saturated rings. The number of halogens is 1. The average molecular weight is 327 g/mol. The van der Waals surface area contributed by atoms with Crippen LogP contribution in [0.2, 0.25) is 0 Å². The number of nitrogens with zero attached hydrogens (tertiary/aromatic N) is 1. The van der Waals surface area contributed by atoms with Crippen LogP contribution in [0.5, 0.6) is 11.5 Å². The van der Waals surface area contributed by atoms with E-state index in [-0.39, 0.29) is 12.4 Å². The Bertz CT molecular complexity index is 490. The van der Waals surface area contributed by atoms with E-state index in [4.69, 9.17) is 9.47 Å². The smallest absolute Gasteiger partial charge is 0.161 e. The third-order valence-electron chi connectivity index (χ3n) is 4.77. The molecular formula is C17H27ClN2O2. The predicted molar refractivity (Wildman–Crippen MR) is 91.4 cm³/mol. The van der Waals surface area contributed by atoms with Gasteiger partial charge in [-0.1, -0.05) is 0 Å². The topological polar surface area (TPSA) is 33.7 Å². The van der Waals surface area contributed by atoms with Crippen LogP contribution in [0.1, 0.15) is 24.0 Å². The first-order valence-corrected chi connectivity index (χ1v) is 7.97. The van der Waals surface area contributed by atoms with Crippen LogP contribution < -0.4 is 14.8 Å². The first kappa shape index (κ1) is 17.4. The van der Waals surface area contributed by atoms with Crippen molar-refractivity contribution in [1.82, 2.24) is 10.2 Å². The number of hydrogen-bond donors (Lipinski definition) is 1. The Morgan fingerprint density at radius 3 is 2.36 bits per heavy atom. The van der Waals surface area contributed by atoms with E-state index in [2.05, 4.69) is 22.3 Å². The summed E-state index contributed by atoms with van der Waals surface area (Å²) in [5.74, 6) is 2.55. The van der Waals surface area contributed by atoms with E-state index >= 15 is 0 Å². The second-order valence-electron chi connectivity index (χ2n) is 6.15. The van der Waals surface area contributed by atoms with Gasteiger partial charge in [0.25, 0.3) is 0 Å². The molecule has 0 saturated carbocycles. The van der Waals surface area contributed by atoms with Crippen LogP contribution in [0, 0.1) is 5.92 Å². The second kappa shape index (κ2) is 8.04. The minimum absolute atomic E-state index is 0. The maximum atomic E-state index is 5.44. The van der Waals surface area contributed by atoms with Crippen molar-refractivity contribution in [2.75, 3.05) is 40.4 Å². The highest BCUT2D eigenvalue weighted by Gasteiger charge is 2.22. The molecule has 1 aromatic carbocycles. The van der Waals surface area contributed by atoms with Gasteiger partial charge < -0.3 is 14.8 Å². The van der Waals surface area contributed by atoms with Crippen LogP contribution in [-0.2, 0) is 13.0 Å². The highest BCUT2D eigenvalue weighted by molar-refractivity contribution is 5.85. The summed E-state index contributed by atoms with van der Waals surface area (Å²) in [5, 5.41) is 3.45. The zero-order chi connectivity index (χ0) is 14.7. The molecule has 1 aromatic rings. The van der Waals surface area contributed by atoms with E-state index in [0.717, 1.165) is 36.9 Å². The molecule has 0 aromatic heterocycles. The molecule has 0 unspecified atom stereocenters. The molecular weight excluding hydrogens is 300 g/mol. The van der Waals surface area contributed by atoms with Crippen LogP contribution in [-0.4, -0.2) is 45.3 Å². The summed E-state index contributed by atoms with van der Waals surface area (Å²) in [7, 11) is 3.41. The van der Waals surface area contributed by atoms with Gasteiger partial charge in [-0.15, -0.1) is 12.4 Å². The van der Waals surface area contributed by atoms with Gasteiger partial charge in [0, 0.05) is 19.6 Å². The van der Waals surface area contributed by atoms with Crippen molar-refractivity contribution >= 4 is 12.4 Å². The monoisotopic (exact) mass is 326 g/mol. The minimum atomic E-state index is 0. The molecule has 0 atom stereocenters. The molecule has 3 rings (SSSR count). The first-order chi connectivity index (χ1) is 10.3. The van der Waals surface area contributed by atoms with E-state index in [1.807, 2.05) is 0 Å². The summed E-state index contributed by atoms with van der Waals surface area (Å²) < 4.78 is 10.8. The van der Waals surface area contributed by atoms with Crippen LogP contribution >= 0.6 is 12.4 Å². The van der Waals surface area contributed by atoms with Crippen LogP contribution in [0.25, 0.3) is 0 Å². The van der Waals surface area contributed by atoms with Gasteiger partial charge in [-0.3, -0.25) is 4.90 Å². The van der Waals surface area contributed by atoms with Crippen molar-refractivity contribution in [2.24, 2.45) is 5.92 Å². The van der Waals surface area contributed by atoms with Crippen LogP contribution in [0.15, 0.2) is 12.1 Å². The molecule has 0 spiro atoms. The molecule has 0 amide bonds. The van der Waals surface area contributed by atoms with E-state index in [1.54, 1.807) is 14.2 Å². The van der Waals surface area contributed by atoms with Gasteiger partial charge >= 0.3 is 0 Å². The lowest BCUT2D eigenvalue weighted by molar-refractivity contribution is 0.191. The molecule has 2 aliphatic heterocycles. The molecule has 5 heteroatoms. The molecule has 1 saturated heterocycles. The fraction of sp³-hybridized carbons (Fsp3) is 0.647. The van der Waals surface area contributed by atoms with Crippen molar-refractivity contribution in [1.29, 1.82) is 0 Å². The molecule has 0 aliphatic carbocycles. The summed E-state index contributed by atoms with van der Waals surface area (Å²) in [6, 6.07) is 4.30. The fourth-order valence-corrected chi connectivity index (χ4v) is 3.53. The van der Waals surface area contributed by atoms with E-state index in [9.17, 15) is 0 Å². The van der Waals surface area contributed by atoms with Crippen LogP contribution in [0.3, 0.4) is 0 Å². The number of methoxy groups -OCH3 is 2. The molecule has 1 N–H and O–H groups in total. The Labute approximate surface area is 139 Å². The van der Waals surface area contributed by atoms with Gasteiger partial charge in [-0.25, -0.2) is 0 Å². The van der Waals surface area contributed by atoms with Gasteiger partial charge in [0.2, 0.25) is 0 Å². The van der Waals surface area contributed by atoms with Gasteiger partial charge in [0.05, 0.1) is 14.2 Å². The van der Waals surface area contributed by atoms with Crippen molar-refractivity contribution in [3.05, 3.63) is 23.3 Å². The second-order valence-corrected chi connectivity index (χ2v) is 6.15. The SMILES string of the molecule is COc1cc2c(cc1OC)CN(CC1CCNCC1)CC2.Cl. The van der Waals surface area contributed by atoms with E-state index < -0.39 is 0 Å². The molecule has 0 bridgehead atoms. The lowest BCUT2D eigenvalue weighted by Gasteiger charge is -2.33. The molecule has 4 nitrogen and oxygen atoms in total. The Morgan fingerprint density at radius 1 is 1.09 bits per heavy atom. The van der Waals surface area contributed by atoms with Gasteiger partial charge in [0.1, 0.15) is 0 Å². The number of rotatable bonds is 4. The summed E-state index contributed by atoms with van der Waals surface area (Å²) in [5.41, 5.74) is 2.81. The first-order valence-electron chi connectivity index (χ1n) is 7.97. The largest absolute Gasteiger partial charge is 0.493 e. The number of fused-ring (bicyclic) bond motifs is 1. The Hall–Kier alpha value is -0.970. The minimum Gasteiger partial charge on any atom is -0.493 e.